The minimum atomic E-state index is -0.410. The molecule has 1 aliphatic heterocycles. The quantitative estimate of drug-likeness (QED) is 0.290. The van der Waals surface area contributed by atoms with Crippen LogP contribution in [-0.4, -0.2) is 34.7 Å². The summed E-state index contributed by atoms with van der Waals surface area (Å²) in [5.74, 6) is 0.737. The molecular weight excluding hydrogens is 440 g/mol. The van der Waals surface area contributed by atoms with Crippen LogP contribution in [0, 0.1) is 13.8 Å². The van der Waals surface area contributed by atoms with Gasteiger partial charge in [0.05, 0.1) is 21.6 Å². The largest absolute Gasteiger partial charge is 0.457 e. The number of carbonyl (C=O) groups excluding carboxylic acids is 2. The number of ketones is 1. The first-order chi connectivity index (χ1) is 16.0. The molecule has 0 amide bonds. The molecule has 0 saturated carbocycles. The van der Waals surface area contributed by atoms with Crippen molar-refractivity contribution in [2.24, 2.45) is 0 Å². The first-order valence-electron chi connectivity index (χ1n) is 10.6. The van der Waals surface area contributed by atoms with Crippen LogP contribution in [-0.2, 0) is 16.0 Å². The molecule has 0 unspecified atom stereocenters. The second kappa shape index (κ2) is 8.71. The van der Waals surface area contributed by atoms with Gasteiger partial charge in [0.25, 0.3) is 0 Å². The minimum absolute atomic E-state index is 0.184. The normalized spacial score (nSPS) is 12.3. The summed E-state index contributed by atoms with van der Waals surface area (Å²) in [7, 11) is 0. The molecule has 0 N–H and O–H groups in total. The molecule has 0 atom stereocenters. The van der Waals surface area contributed by atoms with Gasteiger partial charge in [0, 0.05) is 35.1 Å². The van der Waals surface area contributed by atoms with Gasteiger partial charge in [-0.1, -0.05) is 12.1 Å². The van der Waals surface area contributed by atoms with Gasteiger partial charge in [-0.25, -0.2) is 4.98 Å². The van der Waals surface area contributed by atoms with Gasteiger partial charge in [0.2, 0.25) is 12.6 Å². The molecule has 168 valence electrons. The van der Waals surface area contributed by atoms with Gasteiger partial charge >= 0.3 is 5.97 Å². The van der Waals surface area contributed by atoms with E-state index in [1.807, 2.05) is 66.9 Å². The number of esters is 1. The third kappa shape index (κ3) is 4.21. The van der Waals surface area contributed by atoms with Crippen molar-refractivity contribution in [3.05, 3.63) is 70.5 Å². The zero-order valence-electron chi connectivity index (χ0n) is 18.3. The van der Waals surface area contributed by atoms with Crippen LogP contribution in [0.15, 0.2) is 48.5 Å². The number of para-hydroxylation sites is 1. The van der Waals surface area contributed by atoms with E-state index < -0.39 is 5.97 Å². The summed E-state index contributed by atoms with van der Waals surface area (Å²) in [6.45, 7) is 3.72. The highest BCUT2D eigenvalue weighted by molar-refractivity contribution is 7.18. The first kappa shape index (κ1) is 21.2. The molecule has 0 fully saturated rings. The number of aryl methyl sites for hydroxylation is 2. The number of hydrogen-bond donors (Lipinski definition) is 0. The van der Waals surface area contributed by atoms with E-state index in [4.69, 9.17) is 14.2 Å². The van der Waals surface area contributed by atoms with E-state index >= 15 is 0 Å². The molecule has 0 bridgehead atoms. The third-order valence-corrected chi connectivity index (χ3v) is 6.69. The van der Waals surface area contributed by atoms with Gasteiger partial charge in [-0.15, -0.1) is 11.3 Å². The second-order valence-electron chi connectivity index (χ2n) is 7.82. The van der Waals surface area contributed by atoms with Crippen molar-refractivity contribution < 1.29 is 23.8 Å². The molecule has 0 spiro atoms. The number of hydrogen-bond acceptors (Lipinski definition) is 7. The number of aromatic nitrogens is 2. The van der Waals surface area contributed by atoms with Crippen molar-refractivity contribution in [3.8, 4) is 17.2 Å². The summed E-state index contributed by atoms with van der Waals surface area (Å²) in [4.78, 5) is 29.6. The van der Waals surface area contributed by atoms with E-state index in [0.717, 1.165) is 32.3 Å². The molecule has 2 aromatic heterocycles. The fraction of sp³-hybridized carbons (Fsp3) is 0.240. The number of fused-ring (bicyclic) bond motifs is 2. The fourth-order valence-corrected chi connectivity index (χ4v) is 4.97. The number of benzene rings is 2. The molecule has 5 rings (SSSR count). The smallest absolute Gasteiger partial charge is 0.306 e. The zero-order chi connectivity index (χ0) is 22.9. The standard InChI is InChI=1S/C25H22N2O5S/c1-15-11-18(16(2)27(15)17-7-8-21-22(12-17)32-14-31-21)20(28)13-30-25(29)10-9-24-26-19-5-3-4-6-23(19)33-24/h3-8,11-12H,9-10,13-14H2,1-2H3. The number of Topliss-reactive ketones (excluding diaryl/α,β-unsaturated/α-hetero) is 1. The highest BCUT2D eigenvalue weighted by Gasteiger charge is 2.20. The zero-order valence-corrected chi connectivity index (χ0v) is 19.1. The van der Waals surface area contributed by atoms with Crippen LogP contribution >= 0.6 is 11.3 Å². The SMILES string of the molecule is Cc1cc(C(=O)COC(=O)CCc2nc3ccccc3s2)c(C)n1-c1ccc2c(c1)OCO2. The Kier molecular flexibility index (Phi) is 5.60. The van der Waals surface area contributed by atoms with E-state index in [0.29, 0.717) is 23.5 Å². The Balaban J connectivity index is 1.22. The van der Waals surface area contributed by atoms with Crippen molar-refractivity contribution in [2.45, 2.75) is 26.7 Å². The Hall–Kier alpha value is -3.65. The third-order valence-electron chi connectivity index (χ3n) is 5.59. The van der Waals surface area contributed by atoms with Crippen LogP contribution in [0.4, 0.5) is 0 Å². The van der Waals surface area contributed by atoms with Crippen LogP contribution in [0.3, 0.4) is 0 Å². The number of ether oxygens (including phenoxy) is 3. The number of rotatable bonds is 7. The molecule has 8 heteroatoms. The lowest BCUT2D eigenvalue weighted by Crippen LogP contribution is -2.15. The number of carbonyl (C=O) groups is 2. The predicted molar refractivity (Wildman–Crippen MR) is 125 cm³/mol. The lowest BCUT2D eigenvalue weighted by Gasteiger charge is -2.11. The van der Waals surface area contributed by atoms with E-state index in [9.17, 15) is 9.59 Å². The molecule has 3 heterocycles. The molecule has 1 aliphatic rings. The Morgan fingerprint density at radius 1 is 1.09 bits per heavy atom. The van der Waals surface area contributed by atoms with Crippen LogP contribution < -0.4 is 9.47 Å². The topological polar surface area (TPSA) is 79.7 Å². The monoisotopic (exact) mass is 462 g/mol. The molecule has 2 aromatic carbocycles. The Bertz CT molecular complexity index is 1340. The first-order valence-corrected chi connectivity index (χ1v) is 11.4. The highest BCUT2D eigenvalue weighted by Crippen LogP contribution is 2.35. The lowest BCUT2D eigenvalue weighted by molar-refractivity contribution is -0.142. The van der Waals surface area contributed by atoms with Gasteiger partial charge in [0.15, 0.2) is 18.1 Å². The summed E-state index contributed by atoms with van der Waals surface area (Å²) in [6.07, 6.45) is 0.675. The van der Waals surface area contributed by atoms with Crippen molar-refractivity contribution in [3.63, 3.8) is 0 Å². The number of nitrogens with zero attached hydrogens (tertiary/aromatic N) is 2. The van der Waals surface area contributed by atoms with Crippen molar-refractivity contribution in [2.75, 3.05) is 13.4 Å². The van der Waals surface area contributed by atoms with Crippen LogP contribution in [0.5, 0.6) is 11.5 Å². The van der Waals surface area contributed by atoms with Crippen molar-refractivity contribution >= 4 is 33.3 Å². The van der Waals surface area contributed by atoms with Gasteiger partial charge in [-0.3, -0.25) is 9.59 Å². The summed E-state index contributed by atoms with van der Waals surface area (Å²) >= 11 is 1.57. The molecular formula is C25H22N2O5S. The molecule has 0 aliphatic carbocycles. The average Bonchev–Trinajstić information content (AvgIpc) is 3.52. The van der Waals surface area contributed by atoms with Crippen LogP contribution in [0.25, 0.3) is 15.9 Å². The van der Waals surface area contributed by atoms with Crippen LogP contribution in [0.1, 0.15) is 33.2 Å². The maximum atomic E-state index is 12.8. The predicted octanol–water partition coefficient (Wildman–Crippen LogP) is 4.79. The van der Waals surface area contributed by atoms with E-state index in [1.54, 1.807) is 11.3 Å². The summed E-state index contributed by atoms with van der Waals surface area (Å²) < 4.78 is 19.2. The molecule has 7 nitrogen and oxygen atoms in total. The average molecular weight is 463 g/mol. The lowest BCUT2D eigenvalue weighted by atomic mass is 10.1. The van der Waals surface area contributed by atoms with E-state index in [2.05, 4.69) is 4.98 Å². The molecule has 0 radical (unpaired) electrons. The molecule has 33 heavy (non-hydrogen) atoms. The second-order valence-corrected chi connectivity index (χ2v) is 8.93. The summed E-state index contributed by atoms with van der Waals surface area (Å²) in [5, 5.41) is 0.881. The van der Waals surface area contributed by atoms with Gasteiger partial charge in [-0.05, 0) is 44.2 Å². The number of thiazole rings is 1. The van der Waals surface area contributed by atoms with Gasteiger partial charge < -0.3 is 18.8 Å². The minimum Gasteiger partial charge on any atom is -0.457 e. The fourth-order valence-electron chi connectivity index (χ4n) is 4.00. The van der Waals surface area contributed by atoms with Gasteiger partial charge in [0.1, 0.15) is 0 Å². The molecule has 4 aromatic rings. The maximum absolute atomic E-state index is 12.8. The van der Waals surface area contributed by atoms with E-state index in [1.165, 1.54) is 0 Å². The van der Waals surface area contributed by atoms with Crippen molar-refractivity contribution in [1.82, 2.24) is 9.55 Å². The summed E-state index contributed by atoms with van der Waals surface area (Å²) in [6, 6.07) is 15.3. The highest BCUT2D eigenvalue weighted by atomic mass is 32.1. The maximum Gasteiger partial charge on any atom is 0.306 e. The van der Waals surface area contributed by atoms with Crippen LogP contribution in [0.2, 0.25) is 0 Å². The molecule has 0 saturated heterocycles. The Labute approximate surface area is 194 Å². The Morgan fingerprint density at radius 2 is 1.91 bits per heavy atom. The summed E-state index contributed by atoms with van der Waals surface area (Å²) in [5.41, 5.74) is 4.02. The Morgan fingerprint density at radius 3 is 2.76 bits per heavy atom. The van der Waals surface area contributed by atoms with Gasteiger partial charge in [-0.2, -0.15) is 0 Å². The van der Waals surface area contributed by atoms with Crippen molar-refractivity contribution in [1.29, 1.82) is 0 Å². The van der Waals surface area contributed by atoms with E-state index in [-0.39, 0.29) is 25.6 Å².